The highest BCUT2D eigenvalue weighted by molar-refractivity contribution is 5.79. The number of hydrogen-bond acceptors (Lipinski definition) is 17. The molecule has 2 atom stereocenters. The number of esters is 7. The summed E-state index contributed by atoms with van der Waals surface area (Å²) in [4.78, 5) is 105. The minimum absolute atomic E-state index is 0.0574. The highest BCUT2D eigenvalue weighted by atomic mass is 16.6. The van der Waals surface area contributed by atoms with E-state index in [0.29, 0.717) is 19.3 Å². The van der Waals surface area contributed by atoms with Crippen molar-refractivity contribution in [2.75, 3.05) is 59.1 Å². The van der Waals surface area contributed by atoms with Crippen molar-refractivity contribution in [2.24, 2.45) is 0 Å². The van der Waals surface area contributed by atoms with Crippen LogP contribution >= 0.6 is 0 Å². The van der Waals surface area contributed by atoms with Gasteiger partial charge in [0.2, 0.25) is 0 Å². The summed E-state index contributed by atoms with van der Waals surface area (Å²) in [5.74, 6) is -4.31. The van der Waals surface area contributed by atoms with Crippen LogP contribution in [-0.4, -0.2) is 133 Å². The topological polar surface area (TPSA) is 194 Å². The molecule has 0 saturated carbocycles. The number of benzene rings is 4. The van der Waals surface area contributed by atoms with Crippen molar-refractivity contribution >= 4 is 41.8 Å². The normalized spacial score (nSPS) is 15.4. The summed E-state index contributed by atoms with van der Waals surface area (Å²) in [7, 11) is 0. The van der Waals surface area contributed by atoms with Crippen molar-refractivity contribution in [3.63, 3.8) is 0 Å². The maximum absolute atomic E-state index is 14.8. The first kappa shape index (κ1) is 62.9. The molecule has 0 bridgehead atoms. The number of nitrogens with zero attached hydrogens (tertiary/aromatic N) is 3. The van der Waals surface area contributed by atoms with Gasteiger partial charge < -0.3 is 33.2 Å². The van der Waals surface area contributed by atoms with Crippen molar-refractivity contribution < 1.29 is 66.7 Å². The van der Waals surface area contributed by atoms with E-state index in [9.17, 15) is 33.6 Å². The predicted octanol–water partition coefficient (Wildman–Crippen LogP) is 8.73. The lowest BCUT2D eigenvalue weighted by molar-refractivity contribution is -0.160. The van der Waals surface area contributed by atoms with E-state index >= 15 is 0 Å². The van der Waals surface area contributed by atoms with Crippen LogP contribution in [0.15, 0.2) is 121 Å². The zero-order valence-corrected chi connectivity index (χ0v) is 46.4. The molecule has 0 aliphatic carbocycles. The highest BCUT2D eigenvalue weighted by Crippen LogP contribution is 2.32. The Morgan fingerprint density at radius 3 is 1.08 bits per heavy atom. The first-order valence-corrected chi connectivity index (χ1v) is 27.9. The molecule has 0 aromatic heterocycles. The molecule has 4 aromatic carbocycles. The smallest absolute Gasteiger partial charge is 0.323 e. The first-order chi connectivity index (χ1) is 38.4. The number of unbranched alkanes of at least 4 members (excludes halogenated alkanes) is 3. The van der Waals surface area contributed by atoms with Crippen molar-refractivity contribution in [2.45, 2.75) is 142 Å². The summed E-state index contributed by atoms with van der Waals surface area (Å²) in [5.41, 5.74) is 1.38. The van der Waals surface area contributed by atoms with Crippen LogP contribution in [0.25, 0.3) is 0 Å². The van der Waals surface area contributed by atoms with Gasteiger partial charge in [0.15, 0.2) is 0 Å². The van der Waals surface area contributed by atoms with E-state index in [1.54, 1.807) is 4.90 Å². The molecule has 0 radical (unpaired) electrons. The molecule has 0 amide bonds. The lowest BCUT2D eigenvalue weighted by Crippen LogP contribution is -2.64. The first-order valence-electron chi connectivity index (χ1n) is 27.9. The van der Waals surface area contributed by atoms with Crippen LogP contribution in [0.2, 0.25) is 0 Å². The lowest BCUT2D eigenvalue weighted by Gasteiger charge is -2.47. The van der Waals surface area contributed by atoms with Crippen LogP contribution in [0.5, 0.6) is 0 Å². The van der Waals surface area contributed by atoms with Crippen molar-refractivity contribution in [3.05, 3.63) is 144 Å². The zero-order chi connectivity index (χ0) is 56.5. The van der Waals surface area contributed by atoms with Gasteiger partial charge in [-0.15, -0.1) is 0 Å². The Labute approximate surface area is 466 Å². The van der Waals surface area contributed by atoms with Crippen LogP contribution < -0.4 is 0 Å². The second kappa shape index (κ2) is 35.5. The molecule has 1 heterocycles. The van der Waals surface area contributed by atoms with Gasteiger partial charge in [-0.1, -0.05) is 161 Å². The van der Waals surface area contributed by atoms with E-state index in [2.05, 4.69) is 0 Å². The molecule has 17 nitrogen and oxygen atoms in total. The molecule has 2 unspecified atom stereocenters. The molecule has 17 heteroatoms. The summed E-state index contributed by atoms with van der Waals surface area (Å²) < 4.78 is 40.8. The third-order valence-corrected chi connectivity index (χ3v) is 13.7. The molecule has 5 rings (SSSR count). The molecular formula is C62H81N3O14. The van der Waals surface area contributed by atoms with Gasteiger partial charge >= 0.3 is 41.8 Å². The van der Waals surface area contributed by atoms with Gasteiger partial charge in [0.05, 0.1) is 32.9 Å². The molecule has 1 aliphatic heterocycles. The molecule has 79 heavy (non-hydrogen) atoms. The average Bonchev–Trinajstić information content (AvgIpc) is 3.72. The Hall–Kier alpha value is -6.95. The average molecular weight is 1090 g/mol. The fourth-order valence-electron chi connectivity index (χ4n) is 9.14. The molecule has 1 aliphatic rings. The SMILES string of the molecule is CCCCOC(=O)CCC(C(=O)OCc1ccccc1)N1CCN(C(CCC(=O)OCCCC)C(=O)OCc2ccccc2)CC(CCC(=O)OCCCC)(N(CC(=O)OCc2ccccc2)CC(=O)OCc2ccccc2)C1. The number of carbonyl (C=O) groups excluding carboxylic acids is 7. The van der Waals surface area contributed by atoms with Crippen molar-refractivity contribution in [3.8, 4) is 0 Å². The summed E-state index contributed by atoms with van der Waals surface area (Å²) in [5, 5.41) is 0. The van der Waals surface area contributed by atoms with Crippen molar-refractivity contribution in [1.29, 1.82) is 0 Å². The van der Waals surface area contributed by atoms with Gasteiger partial charge in [-0.25, -0.2) is 0 Å². The molecule has 1 fully saturated rings. The third kappa shape index (κ3) is 23.1. The van der Waals surface area contributed by atoms with Gasteiger partial charge in [0.1, 0.15) is 38.5 Å². The van der Waals surface area contributed by atoms with Gasteiger partial charge in [0, 0.05) is 51.0 Å². The van der Waals surface area contributed by atoms with Gasteiger partial charge in [-0.2, -0.15) is 0 Å². The Morgan fingerprint density at radius 1 is 0.430 bits per heavy atom. The van der Waals surface area contributed by atoms with Crippen LogP contribution in [-0.2, 0) is 93.1 Å². The molecular weight excluding hydrogens is 1010 g/mol. The van der Waals surface area contributed by atoms with E-state index < -0.39 is 72.5 Å². The molecule has 0 spiro atoms. The summed E-state index contributed by atoms with van der Waals surface area (Å²) in [6.07, 6.45) is 3.55. The van der Waals surface area contributed by atoms with E-state index in [-0.39, 0.29) is 111 Å². The number of rotatable bonds is 35. The van der Waals surface area contributed by atoms with E-state index in [0.717, 1.165) is 41.5 Å². The quantitative estimate of drug-likeness (QED) is 0.0241. The largest absolute Gasteiger partial charge is 0.466 e. The molecule has 4 aromatic rings. The fraction of sp³-hybridized carbons (Fsp3) is 0.500. The van der Waals surface area contributed by atoms with Crippen LogP contribution in [0.4, 0.5) is 0 Å². The Morgan fingerprint density at radius 2 is 0.747 bits per heavy atom. The maximum Gasteiger partial charge on any atom is 0.323 e. The molecule has 0 N–H and O–H groups in total. The molecule has 428 valence electrons. The van der Waals surface area contributed by atoms with Gasteiger partial charge in [-0.3, -0.25) is 48.3 Å². The monoisotopic (exact) mass is 1090 g/mol. The zero-order valence-electron chi connectivity index (χ0n) is 46.4. The Kier molecular flexibility index (Phi) is 28.3. The van der Waals surface area contributed by atoms with E-state index in [1.807, 2.05) is 152 Å². The van der Waals surface area contributed by atoms with Crippen molar-refractivity contribution in [1.82, 2.24) is 14.7 Å². The van der Waals surface area contributed by atoms with Gasteiger partial charge in [-0.05, 0) is 60.8 Å². The Balaban J connectivity index is 1.67. The summed E-state index contributed by atoms with van der Waals surface area (Å²) in [6, 6.07) is 34.2. The molecule has 1 saturated heterocycles. The fourth-order valence-corrected chi connectivity index (χ4v) is 9.14. The van der Waals surface area contributed by atoms with E-state index in [1.165, 1.54) is 0 Å². The summed E-state index contributed by atoms with van der Waals surface area (Å²) >= 11 is 0. The van der Waals surface area contributed by atoms with Crippen LogP contribution in [0.3, 0.4) is 0 Å². The lowest BCUT2D eigenvalue weighted by atomic mass is 9.88. The van der Waals surface area contributed by atoms with Crippen LogP contribution in [0, 0.1) is 0 Å². The van der Waals surface area contributed by atoms with Crippen LogP contribution in [0.1, 0.15) is 120 Å². The highest BCUT2D eigenvalue weighted by Gasteiger charge is 2.48. The second-order valence-corrected chi connectivity index (χ2v) is 19.8. The van der Waals surface area contributed by atoms with Gasteiger partial charge in [0.25, 0.3) is 0 Å². The number of carbonyl (C=O) groups is 7. The second-order valence-electron chi connectivity index (χ2n) is 19.8. The van der Waals surface area contributed by atoms with E-state index in [4.69, 9.17) is 33.2 Å². The predicted molar refractivity (Wildman–Crippen MR) is 295 cm³/mol. The Bertz CT molecular complexity index is 2290. The summed E-state index contributed by atoms with van der Waals surface area (Å²) in [6.45, 7) is 5.02. The standard InChI is InChI=1S/C62H81N3O14/c1-4-7-38-73-55(66)32-30-53(60(71)78-45-51-26-18-12-19-27-51)63-36-37-64(54(31-33-56(67)74-39-8-5-2)61(72)79-46-52-28-20-13-21-29-52)48-62(47-63,35-34-57(68)75-40-9-6-3)65(41-58(69)76-43-49-22-14-10-15-23-49)42-59(70)77-44-50-24-16-11-17-25-50/h10-29,53-54H,4-9,30-48H2,1-3H3. The maximum atomic E-state index is 14.8. The number of hydrogen-bond donors (Lipinski definition) is 0. The number of ether oxygens (including phenoxy) is 7. The minimum atomic E-state index is -1.52. The third-order valence-electron chi connectivity index (χ3n) is 13.7. The minimum Gasteiger partial charge on any atom is -0.466 e.